The van der Waals surface area contributed by atoms with Gasteiger partial charge in [0, 0.05) is 29.7 Å². The van der Waals surface area contributed by atoms with Gasteiger partial charge in [0.15, 0.2) is 0 Å². The lowest BCUT2D eigenvalue weighted by Gasteiger charge is -2.15. The van der Waals surface area contributed by atoms with Crippen LogP contribution in [0.2, 0.25) is 0 Å². The van der Waals surface area contributed by atoms with Gasteiger partial charge in [-0.1, -0.05) is 24.3 Å². The van der Waals surface area contributed by atoms with Gasteiger partial charge < -0.3 is 0 Å². The maximum Gasteiger partial charge on any atom is 0.263 e. The van der Waals surface area contributed by atoms with Crippen molar-refractivity contribution in [3.8, 4) is 28.1 Å². The molecule has 1 aromatic carbocycles. The minimum atomic E-state index is -0.0694. The lowest BCUT2D eigenvalue weighted by Crippen LogP contribution is -2.20. The topological polar surface area (TPSA) is 47.8 Å². The number of benzene rings is 1. The summed E-state index contributed by atoms with van der Waals surface area (Å²) in [5.41, 5.74) is 6.15. The molecule has 0 amide bonds. The van der Waals surface area contributed by atoms with Crippen LogP contribution in [0.3, 0.4) is 0 Å². The Balaban J connectivity index is 2.06. The van der Waals surface area contributed by atoms with Crippen molar-refractivity contribution in [2.45, 2.75) is 13.8 Å². The number of hydrogen-bond acceptors (Lipinski definition) is 3. The second-order valence-electron chi connectivity index (χ2n) is 6.51. The summed E-state index contributed by atoms with van der Waals surface area (Å²) in [6.45, 7) is 4.06. The van der Waals surface area contributed by atoms with Crippen molar-refractivity contribution in [1.29, 1.82) is 0 Å². The van der Waals surface area contributed by atoms with Gasteiger partial charge in [-0.2, -0.15) is 0 Å². The standard InChI is InChI=1S/C23H19N3O/c1-16-7-5-8-17(2)22(16)20-13-18(21-10-3-4-12-25-21)15-26(23(20)27)19-9-6-11-24-14-19/h3-15H,1-2H3. The summed E-state index contributed by atoms with van der Waals surface area (Å²) >= 11 is 0. The number of nitrogens with zero attached hydrogens (tertiary/aromatic N) is 3. The fourth-order valence-electron chi connectivity index (χ4n) is 3.36. The van der Waals surface area contributed by atoms with E-state index in [2.05, 4.69) is 9.97 Å². The zero-order chi connectivity index (χ0) is 18.8. The molecule has 3 heterocycles. The van der Waals surface area contributed by atoms with Crippen molar-refractivity contribution in [2.24, 2.45) is 0 Å². The third-order valence-corrected chi connectivity index (χ3v) is 4.65. The van der Waals surface area contributed by atoms with E-state index in [0.717, 1.165) is 33.6 Å². The van der Waals surface area contributed by atoms with E-state index >= 15 is 0 Å². The van der Waals surface area contributed by atoms with Crippen molar-refractivity contribution in [3.63, 3.8) is 0 Å². The monoisotopic (exact) mass is 353 g/mol. The summed E-state index contributed by atoms with van der Waals surface area (Å²) in [5.74, 6) is 0. The fraction of sp³-hybridized carbons (Fsp3) is 0.0870. The molecule has 132 valence electrons. The molecule has 0 N–H and O–H groups in total. The number of rotatable bonds is 3. The van der Waals surface area contributed by atoms with Crippen LogP contribution in [0, 0.1) is 13.8 Å². The second kappa shape index (κ2) is 7.00. The third-order valence-electron chi connectivity index (χ3n) is 4.65. The number of aromatic nitrogens is 3. The predicted octanol–water partition coefficient (Wildman–Crippen LogP) is 4.58. The van der Waals surface area contributed by atoms with Crippen LogP contribution in [0.25, 0.3) is 28.1 Å². The van der Waals surface area contributed by atoms with E-state index in [1.54, 1.807) is 23.2 Å². The molecule has 0 atom stereocenters. The largest absolute Gasteiger partial charge is 0.282 e. The molecule has 4 rings (SSSR count). The molecule has 0 unspecified atom stereocenters. The highest BCUT2D eigenvalue weighted by Crippen LogP contribution is 2.28. The highest BCUT2D eigenvalue weighted by molar-refractivity contribution is 5.75. The average molecular weight is 353 g/mol. The quantitative estimate of drug-likeness (QED) is 0.542. The second-order valence-corrected chi connectivity index (χ2v) is 6.51. The van der Waals surface area contributed by atoms with Crippen LogP contribution in [-0.4, -0.2) is 14.5 Å². The smallest absolute Gasteiger partial charge is 0.263 e. The summed E-state index contributed by atoms with van der Waals surface area (Å²) in [5, 5.41) is 0. The summed E-state index contributed by atoms with van der Waals surface area (Å²) in [6.07, 6.45) is 6.98. The van der Waals surface area contributed by atoms with Crippen LogP contribution in [0.1, 0.15) is 11.1 Å². The summed E-state index contributed by atoms with van der Waals surface area (Å²) in [6, 6.07) is 17.5. The normalized spacial score (nSPS) is 10.7. The van der Waals surface area contributed by atoms with Crippen LogP contribution >= 0.6 is 0 Å². The van der Waals surface area contributed by atoms with Gasteiger partial charge in [-0.15, -0.1) is 0 Å². The minimum absolute atomic E-state index is 0.0694. The Morgan fingerprint density at radius 3 is 2.37 bits per heavy atom. The molecule has 4 heteroatoms. The molecule has 0 fully saturated rings. The number of hydrogen-bond donors (Lipinski definition) is 0. The van der Waals surface area contributed by atoms with Gasteiger partial charge in [-0.25, -0.2) is 0 Å². The first kappa shape index (κ1) is 16.9. The van der Waals surface area contributed by atoms with E-state index in [0.29, 0.717) is 5.56 Å². The number of aryl methyl sites for hydroxylation is 2. The van der Waals surface area contributed by atoms with E-state index in [1.807, 2.05) is 74.6 Å². The van der Waals surface area contributed by atoms with E-state index in [9.17, 15) is 4.79 Å². The van der Waals surface area contributed by atoms with Crippen LogP contribution in [0.15, 0.2) is 84.2 Å². The summed E-state index contributed by atoms with van der Waals surface area (Å²) in [7, 11) is 0. The van der Waals surface area contributed by atoms with Crippen molar-refractivity contribution < 1.29 is 0 Å². The van der Waals surface area contributed by atoms with E-state index in [4.69, 9.17) is 0 Å². The molecule has 27 heavy (non-hydrogen) atoms. The highest BCUT2D eigenvalue weighted by atomic mass is 16.1. The lowest BCUT2D eigenvalue weighted by molar-refractivity contribution is 0.980. The first-order valence-electron chi connectivity index (χ1n) is 8.80. The SMILES string of the molecule is Cc1cccc(C)c1-c1cc(-c2ccccn2)cn(-c2cccnc2)c1=O. The van der Waals surface area contributed by atoms with Crippen molar-refractivity contribution in [1.82, 2.24) is 14.5 Å². The summed E-state index contributed by atoms with van der Waals surface area (Å²) < 4.78 is 1.65. The van der Waals surface area contributed by atoms with Gasteiger partial charge in [-0.3, -0.25) is 19.3 Å². The molecule has 4 nitrogen and oxygen atoms in total. The summed E-state index contributed by atoms with van der Waals surface area (Å²) in [4.78, 5) is 22.0. The molecule has 0 saturated heterocycles. The molecule has 0 radical (unpaired) electrons. The molecule has 0 aliphatic heterocycles. The number of pyridine rings is 3. The molecule has 3 aromatic heterocycles. The van der Waals surface area contributed by atoms with Crippen molar-refractivity contribution in [3.05, 3.63) is 101 Å². The van der Waals surface area contributed by atoms with Crippen molar-refractivity contribution in [2.75, 3.05) is 0 Å². The van der Waals surface area contributed by atoms with E-state index < -0.39 is 0 Å². The molecule has 0 bridgehead atoms. The first-order chi connectivity index (χ1) is 13.1. The Kier molecular flexibility index (Phi) is 4.38. The maximum atomic E-state index is 13.4. The van der Waals surface area contributed by atoms with E-state index in [1.165, 1.54) is 0 Å². The fourth-order valence-corrected chi connectivity index (χ4v) is 3.36. The van der Waals surface area contributed by atoms with Gasteiger partial charge >= 0.3 is 0 Å². The van der Waals surface area contributed by atoms with Gasteiger partial charge in [0.05, 0.1) is 17.6 Å². The molecular formula is C23H19N3O. The first-order valence-corrected chi connectivity index (χ1v) is 8.80. The van der Waals surface area contributed by atoms with Gasteiger partial charge in [0.1, 0.15) is 0 Å². The van der Waals surface area contributed by atoms with Gasteiger partial charge in [0.2, 0.25) is 0 Å². The van der Waals surface area contributed by atoms with Gasteiger partial charge in [0.25, 0.3) is 5.56 Å². The van der Waals surface area contributed by atoms with E-state index in [-0.39, 0.29) is 5.56 Å². The molecule has 0 aliphatic carbocycles. The molecule has 4 aromatic rings. The van der Waals surface area contributed by atoms with Crippen LogP contribution < -0.4 is 5.56 Å². The Labute approximate surface area is 157 Å². The Morgan fingerprint density at radius 1 is 0.889 bits per heavy atom. The average Bonchev–Trinajstić information content (AvgIpc) is 2.70. The van der Waals surface area contributed by atoms with Crippen LogP contribution in [0.4, 0.5) is 0 Å². The lowest BCUT2D eigenvalue weighted by atomic mass is 9.95. The zero-order valence-corrected chi connectivity index (χ0v) is 15.3. The Bertz CT molecular complexity index is 1130. The molecular weight excluding hydrogens is 334 g/mol. The third kappa shape index (κ3) is 3.17. The van der Waals surface area contributed by atoms with Crippen LogP contribution in [0.5, 0.6) is 0 Å². The van der Waals surface area contributed by atoms with Crippen LogP contribution in [-0.2, 0) is 0 Å². The maximum absolute atomic E-state index is 13.4. The minimum Gasteiger partial charge on any atom is -0.282 e. The van der Waals surface area contributed by atoms with Crippen molar-refractivity contribution >= 4 is 0 Å². The highest BCUT2D eigenvalue weighted by Gasteiger charge is 2.15. The molecule has 0 saturated carbocycles. The Morgan fingerprint density at radius 2 is 1.70 bits per heavy atom. The predicted molar refractivity (Wildman–Crippen MR) is 108 cm³/mol. The zero-order valence-electron chi connectivity index (χ0n) is 15.3. The molecule has 0 aliphatic rings. The Hall–Kier alpha value is -3.53. The molecule has 0 spiro atoms. The van der Waals surface area contributed by atoms with Gasteiger partial charge in [-0.05, 0) is 60.9 Å².